The molecule has 0 aliphatic carbocycles. The molecule has 4 nitrogen and oxygen atoms in total. The first-order valence-electron chi connectivity index (χ1n) is 4.43. The minimum atomic E-state index is 0.590. The van der Waals surface area contributed by atoms with Gasteiger partial charge < -0.3 is 9.73 Å². The fraction of sp³-hybridized carbons (Fsp3) is 0.200. The number of hydrogen-bond donors (Lipinski definition) is 1. The number of aryl methyl sites for hydroxylation is 1. The Morgan fingerprint density at radius 2 is 2.47 bits per heavy atom. The predicted molar refractivity (Wildman–Crippen MR) is 57.6 cm³/mol. The monoisotopic (exact) mass is 219 g/mol. The first-order valence-corrected chi connectivity index (χ1v) is 5.24. The van der Waals surface area contributed by atoms with Crippen molar-refractivity contribution < 1.29 is 4.42 Å². The van der Waals surface area contributed by atoms with Gasteiger partial charge in [0.2, 0.25) is 0 Å². The van der Waals surface area contributed by atoms with Crippen molar-refractivity contribution in [1.29, 1.82) is 5.26 Å². The molecule has 0 spiro atoms. The molecule has 0 aromatic carbocycles. The fourth-order valence-electron chi connectivity index (χ4n) is 1.15. The average molecular weight is 219 g/mol. The van der Waals surface area contributed by atoms with E-state index in [2.05, 4.69) is 10.3 Å². The third-order valence-electron chi connectivity index (χ3n) is 1.83. The molecule has 0 aliphatic rings. The summed E-state index contributed by atoms with van der Waals surface area (Å²) in [7, 11) is 0. The van der Waals surface area contributed by atoms with Crippen molar-refractivity contribution in [3.63, 3.8) is 0 Å². The zero-order valence-corrected chi connectivity index (χ0v) is 8.97. The van der Waals surface area contributed by atoms with Crippen LogP contribution in [0.25, 0.3) is 0 Å². The molecule has 0 saturated heterocycles. The first-order chi connectivity index (χ1) is 7.28. The van der Waals surface area contributed by atoms with Crippen LogP contribution >= 0.6 is 11.3 Å². The number of hydrogen-bond acceptors (Lipinski definition) is 5. The van der Waals surface area contributed by atoms with E-state index in [9.17, 15) is 0 Å². The molecule has 0 radical (unpaired) electrons. The van der Waals surface area contributed by atoms with Crippen molar-refractivity contribution in [1.82, 2.24) is 4.98 Å². The lowest BCUT2D eigenvalue weighted by molar-refractivity contribution is 0.490. The molecule has 0 fully saturated rings. The van der Waals surface area contributed by atoms with Crippen LogP contribution in [0.15, 0.2) is 22.7 Å². The molecule has 76 valence electrons. The molecule has 0 atom stereocenters. The molecule has 2 aromatic rings. The third-order valence-corrected chi connectivity index (χ3v) is 2.69. The summed E-state index contributed by atoms with van der Waals surface area (Å²) in [5, 5.41) is 12.4. The number of thiazole rings is 1. The van der Waals surface area contributed by atoms with Crippen LogP contribution in [0, 0.1) is 18.3 Å². The number of nitriles is 1. The topological polar surface area (TPSA) is 61.9 Å². The van der Waals surface area contributed by atoms with Gasteiger partial charge in [0.15, 0.2) is 5.13 Å². The summed E-state index contributed by atoms with van der Waals surface area (Å²) in [6, 6.07) is 5.88. The van der Waals surface area contributed by atoms with E-state index in [0.717, 1.165) is 16.7 Å². The highest BCUT2D eigenvalue weighted by Gasteiger charge is 2.02. The SMILES string of the molecule is Cc1ccc(CNc2ncc(C#N)s2)o1. The van der Waals surface area contributed by atoms with Crippen LogP contribution < -0.4 is 5.32 Å². The second-order valence-corrected chi connectivity index (χ2v) is 4.04. The Balaban J connectivity index is 1.96. The van der Waals surface area contributed by atoms with E-state index in [4.69, 9.17) is 9.68 Å². The largest absolute Gasteiger partial charge is 0.465 e. The van der Waals surface area contributed by atoms with Crippen LogP contribution in [-0.2, 0) is 6.54 Å². The highest BCUT2D eigenvalue weighted by molar-refractivity contribution is 7.16. The van der Waals surface area contributed by atoms with E-state index in [1.807, 2.05) is 25.1 Å². The minimum absolute atomic E-state index is 0.590. The molecule has 2 heterocycles. The van der Waals surface area contributed by atoms with Crippen molar-refractivity contribution in [2.45, 2.75) is 13.5 Å². The quantitative estimate of drug-likeness (QED) is 0.861. The summed E-state index contributed by atoms with van der Waals surface area (Å²) in [6.07, 6.45) is 1.56. The Hall–Kier alpha value is -1.80. The van der Waals surface area contributed by atoms with Gasteiger partial charge in [-0.3, -0.25) is 0 Å². The Bertz CT molecular complexity index is 495. The summed E-state index contributed by atoms with van der Waals surface area (Å²) in [6.45, 7) is 2.49. The van der Waals surface area contributed by atoms with Gasteiger partial charge in [0, 0.05) is 0 Å². The number of rotatable bonds is 3. The highest BCUT2D eigenvalue weighted by atomic mass is 32.1. The molecular weight excluding hydrogens is 210 g/mol. The van der Waals surface area contributed by atoms with Crippen LogP contribution in [0.2, 0.25) is 0 Å². The van der Waals surface area contributed by atoms with E-state index < -0.39 is 0 Å². The molecule has 0 unspecified atom stereocenters. The summed E-state index contributed by atoms with van der Waals surface area (Å²) < 4.78 is 5.39. The summed E-state index contributed by atoms with van der Waals surface area (Å²) in [4.78, 5) is 4.66. The van der Waals surface area contributed by atoms with Gasteiger partial charge in [0.1, 0.15) is 22.5 Å². The number of nitrogens with one attached hydrogen (secondary N) is 1. The molecule has 0 aliphatic heterocycles. The highest BCUT2D eigenvalue weighted by Crippen LogP contribution is 2.18. The zero-order chi connectivity index (χ0) is 10.7. The van der Waals surface area contributed by atoms with E-state index in [0.29, 0.717) is 11.4 Å². The molecule has 0 amide bonds. The van der Waals surface area contributed by atoms with Gasteiger partial charge in [0.05, 0.1) is 12.7 Å². The Kier molecular flexibility index (Phi) is 2.70. The molecule has 2 rings (SSSR count). The van der Waals surface area contributed by atoms with Gasteiger partial charge in [0.25, 0.3) is 0 Å². The van der Waals surface area contributed by atoms with E-state index in [1.165, 1.54) is 11.3 Å². The molecule has 1 N–H and O–H groups in total. The van der Waals surface area contributed by atoms with Gasteiger partial charge in [-0.1, -0.05) is 11.3 Å². The number of aromatic nitrogens is 1. The van der Waals surface area contributed by atoms with Gasteiger partial charge in [-0.25, -0.2) is 4.98 Å². The van der Waals surface area contributed by atoms with Crippen molar-refractivity contribution in [3.05, 3.63) is 34.7 Å². The summed E-state index contributed by atoms with van der Waals surface area (Å²) >= 11 is 1.33. The van der Waals surface area contributed by atoms with Crippen LogP contribution in [0.3, 0.4) is 0 Å². The van der Waals surface area contributed by atoms with Crippen molar-refractivity contribution in [2.24, 2.45) is 0 Å². The predicted octanol–water partition coefficient (Wildman–Crippen LogP) is 2.53. The lowest BCUT2D eigenvalue weighted by Crippen LogP contribution is -1.96. The Labute approximate surface area is 91.2 Å². The van der Waals surface area contributed by atoms with Gasteiger partial charge in [-0.15, -0.1) is 0 Å². The molecule has 2 aromatic heterocycles. The van der Waals surface area contributed by atoms with Gasteiger partial charge >= 0.3 is 0 Å². The second kappa shape index (κ2) is 4.15. The Morgan fingerprint density at radius 3 is 3.07 bits per heavy atom. The Morgan fingerprint density at radius 1 is 1.60 bits per heavy atom. The smallest absolute Gasteiger partial charge is 0.184 e. The van der Waals surface area contributed by atoms with E-state index >= 15 is 0 Å². The maximum atomic E-state index is 8.61. The molecule has 0 bridgehead atoms. The summed E-state index contributed by atoms with van der Waals surface area (Å²) in [5.41, 5.74) is 0. The van der Waals surface area contributed by atoms with Crippen LogP contribution in [-0.4, -0.2) is 4.98 Å². The lowest BCUT2D eigenvalue weighted by Gasteiger charge is -1.97. The van der Waals surface area contributed by atoms with Crippen molar-refractivity contribution in [2.75, 3.05) is 5.32 Å². The van der Waals surface area contributed by atoms with Crippen molar-refractivity contribution in [3.8, 4) is 6.07 Å². The third kappa shape index (κ3) is 2.36. The number of anilines is 1. The first kappa shape index (κ1) is 9.74. The zero-order valence-electron chi connectivity index (χ0n) is 8.15. The standard InChI is InChI=1S/C10H9N3OS/c1-7-2-3-8(14-7)5-12-10-13-6-9(4-11)15-10/h2-3,6H,5H2,1H3,(H,12,13). The van der Waals surface area contributed by atoms with Crippen molar-refractivity contribution >= 4 is 16.5 Å². The van der Waals surface area contributed by atoms with Crippen LogP contribution in [0.5, 0.6) is 0 Å². The molecule has 15 heavy (non-hydrogen) atoms. The lowest BCUT2D eigenvalue weighted by atomic mass is 10.4. The minimum Gasteiger partial charge on any atom is -0.465 e. The van der Waals surface area contributed by atoms with Crippen LogP contribution in [0.4, 0.5) is 5.13 Å². The number of nitrogens with zero attached hydrogens (tertiary/aromatic N) is 2. The average Bonchev–Trinajstić information content (AvgIpc) is 2.83. The normalized spacial score (nSPS) is 9.87. The maximum absolute atomic E-state index is 8.61. The fourth-order valence-corrected chi connectivity index (χ4v) is 1.76. The number of furan rings is 1. The van der Waals surface area contributed by atoms with Crippen LogP contribution in [0.1, 0.15) is 16.4 Å². The molecule has 5 heteroatoms. The second-order valence-electron chi connectivity index (χ2n) is 3.01. The summed E-state index contributed by atoms with van der Waals surface area (Å²) in [5.74, 6) is 1.75. The van der Waals surface area contributed by atoms with E-state index in [-0.39, 0.29) is 0 Å². The van der Waals surface area contributed by atoms with Gasteiger partial charge in [-0.05, 0) is 19.1 Å². The van der Waals surface area contributed by atoms with Gasteiger partial charge in [-0.2, -0.15) is 5.26 Å². The van der Waals surface area contributed by atoms with E-state index in [1.54, 1.807) is 6.20 Å². The maximum Gasteiger partial charge on any atom is 0.184 e. The molecular formula is C10H9N3OS. The molecule has 0 saturated carbocycles.